The van der Waals surface area contributed by atoms with E-state index < -0.39 is 0 Å². The smallest absolute Gasteiger partial charge is 0.236 e. The Morgan fingerprint density at radius 3 is 2.52 bits per heavy atom. The summed E-state index contributed by atoms with van der Waals surface area (Å²) in [6.07, 6.45) is 0.0888. The highest BCUT2D eigenvalue weighted by Crippen LogP contribution is 2.25. The van der Waals surface area contributed by atoms with Gasteiger partial charge in [-0.05, 0) is 19.1 Å². The molecule has 0 aliphatic carbocycles. The van der Waals surface area contributed by atoms with Crippen molar-refractivity contribution in [3.63, 3.8) is 0 Å². The predicted molar refractivity (Wildman–Crippen MR) is 131 cm³/mol. The molecular formula is C23H22N6O2S2. The number of rotatable bonds is 8. The fourth-order valence-electron chi connectivity index (χ4n) is 2.97. The topological polar surface area (TPSA) is 102 Å². The number of amides is 2. The van der Waals surface area contributed by atoms with Gasteiger partial charge in [0.15, 0.2) is 10.3 Å². The van der Waals surface area contributed by atoms with Gasteiger partial charge in [-0.25, -0.2) is 4.98 Å². The van der Waals surface area contributed by atoms with Crippen molar-refractivity contribution < 1.29 is 9.59 Å². The zero-order chi connectivity index (χ0) is 23.2. The second-order valence-electron chi connectivity index (χ2n) is 7.29. The van der Waals surface area contributed by atoms with Crippen LogP contribution in [-0.4, -0.2) is 37.3 Å². The first-order valence-corrected chi connectivity index (χ1v) is 12.0. The van der Waals surface area contributed by atoms with E-state index in [-0.39, 0.29) is 24.0 Å². The lowest BCUT2D eigenvalue weighted by atomic mass is 10.2. The molecule has 2 N–H and O–H groups in total. The maximum absolute atomic E-state index is 12.4. The van der Waals surface area contributed by atoms with Crippen molar-refractivity contribution in [3.05, 3.63) is 71.4 Å². The second-order valence-corrected chi connectivity index (χ2v) is 9.09. The van der Waals surface area contributed by atoms with Gasteiger partial charge in [0.1, 0.15) is 5.82 Å². The Bertz CT molecular complexity index is 1250. The molecule has 2 amide bonds. The van der Waals surface area contributed by atoms with Crippen molar-refractivity contribution in [2.24, 2.45) is 7.05 Å². The third-order valence-corrected chi connectivity index (χ3v) is 6.51. The van der Waals surface area contributed by atoms with Crippen LogP contribution >= 0.6 is 23.1 Å². The minimum Gasteiger partial charge on any atom is -0.326 e. The monoisotopic (exact) mass is 478 g/mol. The molecule has 0 saturated carbocycles. The van der Waals surface area contributed by atoms with Crippen molar-refractivity contribution in [1.29, 1.82) is 0 Å². The van der Waals surface area contributed by atoms with Crippen LogP contribution in [0.1, 0.15) is 11.4 Å². The molecule has 0 fully saturated rings. The summed E-state index contributed by atoms with van der Waals surface area (Å²) < 4.78 is 1.73. The van der Waals surface area contributed by atoms with Crippen molar-refractivity contribution in [1.82, 2.24) is 19.7 Å². The molecular weight excluding hydrogens is 456 g/mol. The summed E-state index contributed by atoms with van der Waals surface area (Å²) in [6, 6.07) is 17.4. The van der Waals surface area contributed by atoms with E-state index in [4.69, 9.17) is 0 Å². The summed E-state index contributed by atoms with van der Waals surface area (Å²) >= 11 is 2.63. The Morgan fingerprint density at radius 1 is 1.00 bits per heavy atom. The lowest BCUT2D eigenvalue weighted by Gasteiger charge is -2.06. The van der Waals surface area contributed by atoms with E-state index in [9.17, 15) is 9.59 Å². The fraction of sp³-hybridized carbons (Fsp3) is 0.174. The van der Waals surface area contributed by atoms with Crippen molar-refractivity contribution in [2.45, 2.75) is 18.5 Å². The molecule has 33 heavy (non-hydrogen) atoms. The molecule has 2 aromatic carbocycles. The highest BCUT2D eigenvalue weighted by Gasteiger charge is 2.15. The number of thiazole rings is 1. The molecule has 2 aromatic heterocycles. The van der Waals surface area contributed by atoms with Crippen LogP contribution in [-0.2, 0) is 23.1 Å². The molecule has 0 aliphatic heterocycles. The van der Waals surface area contributed by atoms with Crippen molar-refractivity contribution in [2.75, 3.05) is 16.4 Å². The number of carbonyl (C=O) groups excluding carboxylic acids is 2. The van der Waals surface area contributed by atoms with E-state index in [2.05, 4.69) is 25.8 Å². The standard InChI is InChI=1S/C23H22N6O2S2/c1-15-8-10-17(11-9-15)24-20(30)12-19-27-28-23(29(19)2)33-14-21(31)26-22-25-18(13-32-22)16-6-4-3-5-7-16/h3-11,13H,12,14H2,1-2H3,(H,24,30)(H,25,26,31). The largest absolute Gasteiger partial charge is 0.326 e. The number of hydrogen-bond acceptors (Lipinski definition) is 7. The van der Waals surface area contributed by atoms with Gasteiger partial charge in [0, 0.05) is 23.7 Å². The van der Waals surface area contributed by atoms with Gasteiger partial charge in [-0.15, -0.1) is 21.5 Å². The number of thioether (sulfide) groups is 1. The van der Waals surface area contributed by atoms with Crippen LogP contribution in [0.2, 0.25) is 0 Å². The second kappa shape index (κ2) is 10.4. The Kier molecular flexibility index (Phi) is 7.16. The summed E-state index contributed by atoms with van der Waals surface area (Å²) in [6.45, 7) is 1.99. The van der Waals surface area contributed by atoms with Gasteiger partial charge < -0.3 is 15.2 Å². The fourth-order valence-corrected chi connectivity index (χ4v) is 4.43. The molecule has 4 rings (SSSR count). The molecule has 0 spiro atoms. The average Bonchev–Trinajstić information content (AvgIpc) is 3.41. The minimum absolute atomic E-state index is 0.0888. The molecule has 0 bridgehead atoms. The number of nitrogens with zero attached hydrogens (tertiary/aromatic N) is 4. The number of aryl methyl sites for hydroxylation is 1. The minimum atomic E-state index is -0.185. The number of aromatic nitrogens is 4. The first kappa shape index (κ1) is 22.7. The van der Waals surface area contributed by atoms with E-state index in [1.807, 2.05) is 66.9 Å². The van der Waals surface area contributed by atoms with Gasteiger partial charge in [0.25, 0.3) is 0 Å². The average molecular weight is 479 g/mol. The summed E-state index contributed by atoms with van der Waals surface area (Å²) in [5.74, 6) is 0.314. The molecule has 8 nitrogen and oxygen atoms in total. The maximum atomic E-state index is 12.4. The van der Waals surface area contributed by atoms with E-state index in [1.54, 1.807) is 11.6 Å². The Balaban J connectivity index is 1.28. The molecule has 0 radical (unpaired) electrons. The SMILES string of the molecule is Cc1ccc(NC(=O)Cc2nnc(SCC(=O)Nc3nc(-c4ccccc4)cs3)n2C)cc1. The number of benzene rings is 2. The zero-order valence-electron chi connectivity index (χ0n) is 18.1. The molecule has 10 heteroatoms. The summed E-state index contributed by atoms with van der Waals surface area (Å²) in [5.41, 5.74) is 3.68. The summed E-state index contributed by atoms with van der Waals surface area (Å²) in [5, 5.41) is 16.9. The van der Waals surface area contributed by atoms with Gasteiger partial charge in [-0.2, -0.15) is 0 Å². The molecule has 0 aliphatic rings. The Labute approximate surface area is 199 Å². The van der Waals surface area contributed by atoms with Gasteiger partial charge >= 0.3 is 0 Å². The highest BCUT2D eigenvalue weighted by molar-refractivity contribution is 7.99. The molecule has 0 unspecified atom stereocenters. The first-order valence-electron chi connectivity index (χ1n) is 10.2. The lowest BCUT2D eigenvalue weighted by Crippen LogP contribution is -2.17. The van der Waals surface area contributed by atoms with Crippen LogP contribution < -0.4 is 10.6 Å². The lowest BCUT2D eigenvalue weighted by molar-refractivity contribution is -0.116. The van der Waals surface area contributed by atoms with E-state index >= 15 is 0 Å². The quantitative estimate of drug-likeness (QED) is 0.369. The van der Waals surface area contributed by atoms with Gasteiger partial charge in [-0.1, -0.05) is 59.8 Å². The molecule has 4 aromatic rings. The van der Waals surface area contributed by atoms with Gasteiger partial charge in [0.05, 0.1) is 17.9 Å². The van der Waals surface area contributed by atoms with Gasteiger partial charge in [-0.3, -0.25) is 9.59 Å². The van der Waals surface area contributed by atoms with E-state index in [0.717, 1.165) is 22.5 Å². The number of anilines is 2. The maximum Gasteiger partial charge on any atom is 0.236 e. The zero-order valence-corrected chi connectivity index (χ0v) is 19.7. The molecule has 2 heterocycles. The van der Waals surface area contributed by atoms with Gasteiger partial charge in [0.2, 0.25) is 11.8 Å². The Hall–Kier alpha value is -3.50. The van der Waals surface area contributed by atoms with Crippen LogP contribution in [0, 0.1) is 6.92 Å². The number of carbonyl (C=O) groups is 2. The third kappa shape index (κ3) is 6.05. The predicted octanol–water partition coefficient (Wildman–Crippen LogP) is 4.16. The number of nitrogens with one attached hydrogen (secondary N) is 2. The molecule has 168 valence electrons. The summed E-state index contributed by atoms with van der Waals surface area (Å²) in [7, 11) is 1.78. The highest BCUT2D eigenvalue weighted by atomic mass is 32.2. The first-order chi connectivity index (χ1) is 16.0. The molecule has 0 atom stereocenters. The van der Waals surface area contributed by atoms with E-state index in [1.165, 1.54) is 23.1 Å². The van der Waals surface area contributed by atoms with Crippen LogP contribution in [0.3, 0.4) is 0 Å². The van der Waals surface area contributed by atoms with Crippen molar-refractivity contribution in [3.8, 4) is 11.3 Å². The number of hydrogen-bond donors (Lipinski definition) is 2. The van der Waals surface area contributed by atoms with Crippen LogP contribution in [0.25, 0.3) is 11.3 Å². The molecule has 0 saturated heterocycles. The van der Waals surface area contributed by atoms with Crippen LogP contribution in [0.4, 0.5) is 10.8 Å². The van der Waals surface area contributed by atoms with Crippen LogP contribution in [0.5, 0.6) is 0 Å². The van der Waals surface area contributed by atoms with Crippen molar-refractivity contribution >= 4 is 45.7 Å². The third-order valence-electron chi connectivity index (χ3n) is 4.73. The Morgan fingerprint density at radius 2 is 1.76 bits per heavy atom. The van der Waals surface area contributed by atoms with Crippen LogP contribution in [0.15, 0.2) is 65.1 Å². The summed E-state index contributed by atoms with van der Waals surface area (Å²) in [4.78, 5) is 29.2. The van der Waals surface area contributed by atoms with E-state index in [0.29, 0.717) is 16.1 Å². The normalized spacial score (nSPS) is 10.7.